The zero-order chi connectivity index (χ0) is 35.2. The molecule has 0 unspecified atom stereocenters. The molecule has 0 radical (unpaired) electrons. The first kappa shape index (κ1) is 39.2. The van der Waals surface area contributed by atoms with E-state index in [0.29, 0.717) is 46.7 Å². The Balaban J connectivity index is 0.000000301. The van der Waals surface area contributed by atoms with Crippen LogP contribution in [0.5, 0.6) is 0 Å². The number of carbonyl (C=O) groups is 1. The third-order valence-corrected chi connectivity index (χ3v) is 6.93. The molecule has 0 spiro atoms. The van der Waals surface area contributed by atoms with E-state index in [1.165, 1.54) is 11.0 Å². The summed E-state index contributed by atoms with van der Waals surface area (Å²) in [5.74, 6) is -1.83. The fraction of sp³-hybridized carbons (Fsp3) is 0.364. The van der Waals surface area contributed by atoms with Crippen LogP contribution in [0.4, 0.5) is 26.3 Å². The third kappa shape index (κ3) is 13.4. The minimum Gasteiger partial charge on any atom is -0.478 e. The lowest BCUT2D eigenvalue weighted by atomic mass is 10.1. The Bertz CT molecular complexity index is 1510. The maximum absolute atomic E-state index is 13.4. The van der Waals surface area contributed by atoms with Gasteiger partial charge in [-0.25, -0.2) is 14.5 Å². The minimum absolute atomic E-state index is 0.0416. The van der Waals surface area contributed by atoms with Gasteiger partial charge in [0.05, 0.1) is 25.1 Å². The van der Waals surface area contributed by atoms with Crippen molar-refractivity contribution in [2.24, 2.45) is 4.99 Å². The molecule has 2 aliphatic heterocycles. The van der Waals surface area contributed by atoms with Crippen molar-refractivity contribution in [3.8, 4) is 0 Å². The monoisotopic (exact) mass is 686 g/mol. The largest absolute Gasteiger partial charge is 0.478 e. The number of hydrogen-bond acceptors (Lipinski definition) is 5. The van der Waals surface area contributed by atoms with Crippen molar-refractivity contribution in [1.82, 2.24) is 14.7 Å². The van der Waals surface area contributed by atoms with Crippen molar-refractivity contribution in [1.29, 1.82) is 0 Å². The number of rotatable bonds is 7. The highest BCUT2D eigenvalue weighted by Crippen LogP contribution is 2.34. The molecule has 1 aromatic heterocycles. The van der Waals surface area contributed by atoms with Gasteiger partial charge in [0, 0.05) is 10.6 Å². The molecule has 256 valence electrons. The van der Waals surface area contributed by atoms with Crippen LogP contribution in [-0.2, 0) is 6.18 Å². The van der Waals surface area contributed by atoms with E-state index < -0.39 is 36.1 Å². The normalized spacial score (nSPS) is 15.9. The highest BCUT2D eigenvalue weighted by molar-refractivity contribution is 6.31. The standard InChI is InChI=1S/C17H11ClF3N3O2.C9H14O.C7H12F3N/c18-11-5-3-4-10(8-11)13-6-1-2-7-14(23-13)24-15(17(19,20)21)12(9-22-24)16(25)26;1-4-5-6-8(2)9(3)7-10;8-7(9,10)6-11-4-2-1-3-5-11/h1,3-9H,2H2,(H,25,26);4-6,10H,3,7H2,1-2H3;1-6H2/b;5-4-,8-6-;. The van der Waals surface area contributed by atoms with Crippen LogP contribution >= 0.6 is 11.6 Å². The number of aliphatic hydroxyl groups excluding tert-OH is 1. The lowest BCUT2D eigenvalue weighted by Crippen LogP contribution is -2.37. The number of aromatic nitrogens is 2. The number of halogens is 7. The molecule has 1 saturated heterocycles. The lowest BCUT2D eigenvalue weighted by molar-refractivity contribution is -0.147. The SMILES string of the molecule is C=C(CO)/C(C)=C\C=C/C.FC(F)(F)CN1CCCCC1.O=C(O)c1cnn(C2=CCC=CC(c3cccc(Cl)c3)=N2)c1C(F)(F)F. The van der Waals surface area contributed by atoms with E-state index in [0.717, 1.165) is 30.4 Å². The van der Waals surface area contributed by atoms with Crippen LogP contribution in [0.15, 0.2) is 89.6 Å². The average molecular weight is 687 g/mol. The van der Waals surface area contributed by atoms with E-state index in [2.05, 4.69) is 16.7 Å². The molecule has 0 atom stereocenters. The Morgan fingerprint density at radius 3 is 2.36 bits per heavy atom. The fourth-order valence-electron chi connectivity index (χ4n) is 4.31. The lowest BCUT2D eigenvalue weighted by Gasteiger charge is -2.26. The number of aliphatic hydroxyl groups is 1. The molecule has 2 aromatic rings. The summed E-state index contributed by atoms with van der Waals surface area (Å²) < 4.78 is 76.1. The molecule has 4 rings (SSSR count). The Hall–Kier alpha value is -3.94. The van der Waals surface area contributed by atoms with Gasteiger partial charge in [-0.05, 0) is 81.6 Å². The molecule has 0 aliphatic carbocycles. The van der Waals surface area contributed by atoms with Crippen molar-refractivity contribution in [3.05, 3.63) is 106 Å². The van der Waals surface area contributed by atoms with Gasteiger partial charge in [0.1, 0.15) is 5.56 Å². The maximum Gasteiger partial charge on any atom is 0.434 e. The minimum atomic E-state index is -4.91. The van der Waals surface area contributed by atoms with Gasteiger partial charge in [0.2, 0.25) is 0 Å². The summed E-state index contributed by atoms with van der Waals surface area (Å²) in [6, 6.07) is 6.70. The molecule has 0 bridgehead atoms. The first-order valence-electron chi connectivity index (χ1n) is 14.5. The van der Waals surface area contributed by atoms with Gasteiger partial charge in [-0.15, -0.1) is 0 Å². The predicted molar refractivity (Wildman–Crippen MR) is 171 cm³/mol. The topological polar surface area (TPSA) is 91.0 Å². The van der Waals surface area contributed by atoms with Crippen LogP contribution in [0.2, 0.25) is 5.02 Å². The third-order valence-electron chi connectivity index (χ3n) is 6.69. The molecule has 2 N–H and O–H groups in total. The molecule has 47 heavy (non-hydrogen) atoms. The zero-order valence-electron chi connectivity index (χ0n) is 26.0. The van der Waals surface area contributed by atoms with Crippen LogP contribution < -0.4 is 0 Å². The van der Waals surface area contributed by atoms with Crippen molar-refractivity contribution >= 4 is 29.1 Å². The number of aromatic carboxylic acids is 1. The molecular weight excluding hydrogens is 650 g/mol. The fourth-order valence-corrected chi connectivity index (χ4v) is 4.50. The van der Waals surface area contributed by atoms with E-state index in [9.17, 15) is 31.1 Å². The second-order valence-electron chi connectivity index (χ2n) is 10.4. The molecular formula is C33H37ClF6N4O3. The number of likely N-dealkylation sites (tertiary alicyclic amines) is 1. The van der Waals surface area contributed by atoms with E-state index in [1.807, 2.05) is 32.1 Å². The number of piperidine rings is 1. The molecule has 2 aliphatic rings. The zero-order valence-corrected chi connectivity index (χ0v) is 26.7. The molecule has 14 heteroatoms. The Morgan fingerprint density at radius 2 is 1.81 bits per heavy atom. The summed E-state index contributed by atoms with van der Waals surface area (Å²) in [7, 11) is 0. The van der Waals surface area contributed by atoms with Crippen molar-refractivity contribution in [3.63, 3.8) is 0 Å². The van der Waals surface area contributed by atoms with E-state index in [1.54, 1.807) is 36.4 Å². The number of carboxylic acids is 1. The molecule has 0 saturated carbocycles. The first-order chi connectivity index (χ1) is 22.1. The predicted octanol–water partition coefficient (Wildman–Crippen LogP) is 8.59. The summed E-state index contributed by atoms with van der Waals surface area (Å²) in [6.45, 7) is 8.09. The second kappa shape index (κ2) is 18.4. The Morgan fingerprint density at radius 1 is 1.13 bits per heavy atom. The molecule has 1 aromatic carbocycles. The Labute approximate surface area is 274 Å². The van der Waals surface area contributed by atoms with Crippen LogP contribution in [0.1, 0.15) is 61.1 Å². The van der Waals surface area contributed by atoms with Crippen LogP contribution in [0.25, 0.3) is 5.82 Å². The average Bonchev–Trinajstić information content (AvgIpc) is 3.33. The van der Waals surface area contributed by atoms with E-state index in [4.69, 9.17) is 21.8 Å². The van der Waals surface area contributed by atoms with Crippen molar-refractivity contribution in [2.45, 2.75) is 51.9 Å². The van der Waals surface area contributed by atoms with Gasteiger partial charge in [-0.1, -0.05) is 61.0 Å². The summed E-state index contributed by atoms with van der Waals surface area (Å²) in [4.78, 5) is 16.8. The quantitative estimate of drug-likeness (QED) is 0.225. The number of allylic oxidation sites excluding steroid dienone is 6. The summed E-state index contributed by atoms with van der Waals surface area (Å²) in [5.41, 5.74) is 0.485. The van der Waals surface area contributed by atoms with Crippen molar-refractivity contribution < 1.29 is 41.4 Å². The first-order valence-corrected chi connectivity index (χ1v) is 14.9. The number of carboxylic acid groups (broad SMARTS) is 1. The number of hydrogen-bond donors (Lipinski definition) is 2. The second-order valence-corrected chi connectivity index (χ2v) is 10.9. The number of aliphatic imine (C=N–C) groups is 1. The van der Waals surface area contributed by atoms with Gasteiger partial charge in [-0.2, -0.15) is 31.4 Å². The summed E-state index contributed by atoms with van der Waals surface area (Å²) in [5, 5.41) is 21.7. The van der Waals surface area contributed by atoms with Crippen LogP contribution in [-0.4, -0.2) is 69.0 Å². The Kier molecular flexibility index (Phi) is 15.4. The molecule has 0 amide bonds. The molecule has 3 heterocycles. The molecule has 1 fully saturated rings. The van der Waals surface area contributed by atoms with Gasteiger partial charge in [0.25, 0.3) is 0 Å². The number of nitrogens with zero attached hydrogens (tertiary/aromatic N) is 4. The van der Waals surface area contributed by atoms with Gasteiger partial charge in [0.15, 0.2) is 11.5 Å². The molecule has 7 nitrogen and oxygen atoms in total. The van der Waals surface area contributed by atoms with Crippen LogP contribution in [0, 0.1) is 0 Å². The van der Waals surface area contributed by atoms with E-state index in [-0.39, 0.29) is 12.4 Å². The maximum atomic E-state index is 13.4. The summed E-state index contributed by atoms with van der Waals surface area (Å²) >= 11 is 5.96. The van der Waals surface area contributed by atoms with Crippen molar-refractivity contribution in [2.75, 3.05) is 26.2 Å². The van der Waals surface area contributed by atoms with Crippen LogP contribution in [0.3, 0.4) is 0 Å². The highest BCUT2D eigenvalue weighted by Gasteiger charge is 2.41. The van der Waals surface area contributed by atoms with Gasteiger partial charge in [-0.3, -0.25) is 4.90 Å². The number of alkyl halides is 6. The van der Waals surface area contributed by atoms with E-state index >= 15 is 0 Å². The highest BCUT2D eigenvalue weighted by atomic mass is 35.5. The smallest absolute Gasteiger partial charge is 0.434 e. The number of benzene rings is 1. The summed E-state index contributed by atoms with van der Waals surface area (Å²) in [6.07, 6.45) is 5.56. The van der Waals surface area contributed by atoms with Gasteiger partial charge < -0.3 is 10.2 Å². The van der Waals surface area contributed by atoms with Gasteiger partial charge >= 0.3 is 18.3 Å².